The van der Waals surface area contributed by atoms with Crippen LogP contribution in [0.25, 0.3) is 22.3 Å². The van der Waals surface area contributed by atoms with Gasteiger partial charge in [-0.1, -0.05) is 48.0 Å². The summed E-state index contributed by atoms with van der Waals surface area (Å²) in [7, 11) is 0. The first-order chi connectivity index (χ1) is 15.3. The van der Waals surface area contributed by atoms with E-state index >= 15 is 0 Å². The molecule has 0 aliphatic heterocycles. The quantitative estimate of drug-likeness (QED) is 0.364. The maximum Gasteiger partial charge on any atom is 0.356 e. The van der Waals surface area contributed by atoms with Crippen molar-refractivity contribution in [2.75, 3.05) is 5.32 Å². The van der Waals surface area contributed by atoms with E-state index in [0.717, 1.165) is 16.7 Å². The van der Waals surface area contributed by atoms with Crippen LogP contribution in [0.5, 0.6) is 0 Å². The van der Waals surface area contributed by atoms with Crippen LogP contribution in [0, 0.1) is 13.8 Å². The molecule has 2 aromatic heterocycles. The second kappa shape index (κ2) is 8.48. The molecule has 1 atom stereocenters. The molecular weight excluding hydrogens is 428 g/mol. The summed E-state index contributed by atoms with van der Waals surface area (Å²) in [5.74, 6) is -0.676. The Kier molecular flexibility index (Phi) is 5.72. The van der Waals surface area contributed by atoms with Gasteiger partial charge < -0.3 is 14.8 Å². The average molecular weight is 449 g/mol. The van der Waals surface area contributed by atoms with Crippen LogP contribution in [0.2, 0.25) is 5.15 Å². The molecule has 4 rings (SSSR count). The van der Waals surface area contributed by atoms with Gasteiger partial charge in [-0.15, -0.1) is 0 Å². The Labute approximate surface area is 189 Å². The van der Waals surface area contributed by atoms with Crippen molar-refractivity contribution in [1.29, 1.82) is 0 Å². The number of aromatic nitrogens is 1. The fourth-order valence-electron chi connectivity index (χ4n) is 3.78. The number of rotatable bonds is 5. The number of hydrogen-bond donors (Lipinski definition) is 2. The number of anilines is 1. The van der Waals surface area contributed by atoms with E-state index in [-0.39, 0.29) is 22.3 Å². The van der Waals surface area contributed by atoms with Crippen molar-refractivity contribution in [3.8, 4) is 11.3 Å². The Bertz CT molecular complexity index is 1400. The number of aryl methyl sites for hydroxylation is 1. The van der Waals surface area contributed by atoms with Gasteiger partial charge in [-0.3, -0.25) is 4.79 Å². The SMILES string of the molecule is Cc1cc([C@@H](C)Nc2ccc(Cl)nc2C(=O)O)c2oc(-c3ccccc3)c(C)c(=O)c2c1. The van der Waals surface area contributed by atoms with Gasteiger partial charge in [-0.25, -0.2) is 9.78 Å². The zero-order valence-electron chi connectivity index (χ0n) is 17.8. The first kappa shape index (κ1) is 21.6. The van der Waals surface area contributed by atoms with E-state index in [4.69, 9.17) is 16.0 Å². The van der Waals surface area contributed by atoms with Crippen molar-refractivity contribution in [1.82, 2.24) is 4.98 Å². The highest BCUT2D eigenvalue weighted by Crippen LogP contribution is 2.32. The zero-order valence-corrected chi connectivity index (χ0v) is 18.5. The number of nitrogens with one attached hydrogen (secondary N) is 1. The van der Waals surface area contributed by atoms with Crippen molar-refractivity contribution in [3.05, 3.63) is 92.4 Å². The minimum atomic E-state index is -1.19. The van der Waals surface area contributed by atoms with Gasteiger partial charge >= 0.3 is 5.97 Å². The fourth-order valence-corrected chi connectivity index (χ4v) is 3.93. The lowest BCUT2D eigenvalue weighted by molar-refractivity contribution is 0.0691. The van der Waals surface area contributed by atoms with E-state index in [9.17, 15) is 14.7 Å². The van der Waals surface area contributed by atoms with Crippen molar-refractivity contribution in [3.63, 3.8) is 0 Å². The predicted molar refractivity (Wildman–Crippen MR) is 126 cm³/mol. The molecule has 4 aromatic rings. The van der Waals surface area contributed by atoms with Crippen LogP contribution in [-0.4, -0.2) is 16.1 Å². The summed E-state index contributed by atoms with van der Waals surface area (Å²) in [5.41, 5.74) is 3.49. The van der Waals surface area contributed by atoms with Crippen molar-refractivity contribution >= 4 is 34.2 Å². The number of benzene rings is 2. The first-order valence-electron chi connectivity index (χ1n) is 10.1. The van der Waals surface area contributed by atoms with Gasteiger partial charge in [0.1, 0.15) is 16.5 Å². The zero-order chi connectivity index (χ0) is 23.0. The third-order valence-electron chi connectivity index (χ3n) is 5.33. The van der Waals surface area contributed by atoms with E-state index in [0.29, 0.717) is 28.0 Å². The number of carboxylic acid groups (broad SMARTS) is 1. The van der Waals surface area contributed by atoms with Gasteiger partial charge in [0.25, 0.3) is 0 Å². The smallest absolute Gasteiger partial charge is 0.356 e. The lowest BCUT2D eigenvalue weighted by atomic mass is 9.98. The summed E-state index contributed by atoms with van der Waals surface area (Å²) < 4.78 is 6.31. The second-order valence-electron chi connectivity index (χ2n) is 7.68. The minimum absolute atomic E-state index is 0.0931. The highest BCUT2D eigenvalue weighted by atomic mass is 35.5. The van der Waals surface area contributed by atoms with Gasteiger partial charge in [0.15, 0.2) is 11.1 Å². The summed E-state index contributed by atoms with van der Waals surface area (Å²) in [5, 5.41) is 13.3. The Morgan fingerprint density at radius 1 is 1.12 bits per heavy atom. The van der Waals surface area contributed by atoms with Gasteiger partial charge in [0.05, 0.1) is 17.1 Å². The van der Waals surface area contributed by atoms with E-state index in [1.54, 1.807) is 13.0 Å². The number of pyridine rings is 1. The lowest BCUT2D eigenvalue weighted by Gasteiger charge is -2.19. The van der Waals surface area contributed by atoms with E-state index in [2.05, 4.69) is 10.3 Å². The summed E-state index contributed by atoms with van der Waals surface area (Å²) >= 11 is 5.87. The van der Waals surface area contributed by atoms with Gasteiger partial charge in [0.2, 0.25) is 0 Å². The molecule has 6 nitrogen and oxygen atoms in total. The van der Waals surface area contributed by atoms with E-state index < -0.39 is 5.97 Å². The van der Waals surface area contributed by atoms with Gasteiger partial charge in [-0.05, 0) is 44.5 Å². The number of halogens is 1. The molecule has 2 aromatic carbocycles. The fraction of sp³-hybridized carbons (Fsp3) is 0.160. The third-order valence-corrected chi connectivity index (χ3v) is 5.54. The Morgan fingerprint density at radius 2 is 1.84 bits per heavy atom. The molecule has 2 N–H and O–H groups in total. The van der Waals surface area contributed by atoms with Crippen molar-refractivity contribution < 1.29 is 14.3 Å². The molecular formula is C25H21ClN2O4. The highest BCUT2D eigenvalue weighted by molar-refractivity contribution is 6.29. The molecule has 0 radical (unpaired) electrons. The van der Waals surface area contributed by atoms with Crippen LogP contribution in [0.15, 0.2) is 63.8 Å². The molecule has 0 unspecified atom stereocenters. The topological polar surface area (TPSA) is 92.4 Å². The number of fused-ring (bicyclic) bond motifs is 1. The number of hydrogen-bond acceptors (Lipinski definition) is 5. The molecule has 162 valence electrons. The molecule has 0 amide bonds. The Morgan fingerprint density at radius 3 is 2.53 bits per heavy atom. The largest absolute Gasteiger partial charge is 0.476 e. The van der Waals surface area contributed by atoms with E-state index in [1.807, 2.05) is 56.3 Å². The first-order valence-corrected chi connectivity index (χ1v) is 10.4. The van der Waals surface area contributed by atoms with Crippen molar-refractivity contribution in [2.24, 2.45) is 0 Å². The second-order valence-corrected chi connectivity index (χ2v) is 8.07. The average Bonchev–Trinajstić information content (AvgIpc) is 2.77. The summed E-state index contributed by atoms with van der Waals surface area (Å²) in [4.78, 5) is 28.7. The monoisotopic (exact) mass is 448 g/mol. The Hall–Kier alpha value is -3.64. The maximum atomic E-state index is 13.2. The van der Waals surface area contributed by atoms with Crippen LogP contribution in [0.4, 0.5) is 5.69 Å². The van der Waals surface area contributed by atoms with Crippen LogP contribution in [0.1, 0.15) is 40.1 Å². The van der Waals surface area contributed by atoms with Crippen LogP contribution in [-0.2, 0) is 0 Å². The number of aromatic carboxylic acids is 1. The predicted octanol–water partition coefficient (Wildman–Crippen LogP) is 6.00. The number of nitrogens with zero attached hydrogens (tertiary/aromatic N) is 1. The highest BCUT2D eigenvalue weighted by Gasteiger charge is 2.21. The number of carbonyl (C=O) groups is 1. The number of carboxylic acids is 1. The standard InChI is InChI=1S/C25H21ClN2O4/c1-13-11-17(15(3)27-19-9-10-20(26)28-21(19)25(30)31)24-18(12-13)22(29)14(2)23(32-24)16-7-5-4-6-8-16/h4-12,15,27H,1-3H3,(H,30,31)/t15-/m1/s1. The summed E-state index contributed by atoms with van der Waals surface area (Å²) in [6.45, 7) is 5.54. The maximum absolute atomic E-state index is 13.2. The molecule has 0 saturated carbocycles. The molecule has 0 saturated heterocycles. The minimum Gasteiger partial charge on any atom is -0.476 e. The molecule has 32 heavy (non-hydrogen) atoms. The molecule has 0 aliphatic carbocycles. The molecule has 0 bridgehead atoms. The molecule has 0 fully saturated rings. The summed E-state index contributed by atoms with van der Waals surface area (Å²) in [6.07, 6.45) is 0. The van der Waals surface area contributed by atoms with Gasteiger partial charge in [-0.2, -0.15) is 0 Å². The van der Waals surface area contributed by atoms with Gasteiger partial charge in [0, 0.05) is 16.7 Å². The molecule has 0 aliphatic rings. The lowest BCUT2D eigenvalue weighted by Crippen LogP contribution is -2.14. The molecule has 2 heterocycles. The van der Waals surface area contributed by atoms with Crippen LogP contribution < -0.4 is 10.7 Å². The Balaban J connectivity index is 1.88. The van der Waals surface area contributed by atoms with Crippen LogP contribution in [0.3, 0.4) is 0 Å². The van der Waals surface area contributed by atoms with Crippen LogP contribution >= 0.6 is 11.6 Å². The van der Waals surface area contributed by atoms with Crippen molar-refractivity contribution in [2.45, 2.75) is 26.8 Å². The molecule has 7 heteroatoms. The third kappa shape index (κ3) is 3.97. The summed E-state index contributed by atoms with van der Waals surface area (Å²) in [6, 6.07) is 15.9. The molecule has 0 spiro atoms. The van der Waals surface area contributed by atoms with E-state index in [1.165, 1.54) is 6.07 Å². The normalized spacial score (nSPS) is 12.0.